The van der Waals surface area contributed by atoms with E-state index in [4.69, 9.17) is 4.52 Å². The van der Waals surface area contributed by atoms with Gasteiger partial charge in [-0.25, -0.2) is 0 Å². The maximum atomic E-state index is 12.4. The molecule has 7 nitrogen and oxygen atoms in total. The zero-order chi connectivity index (χ0) is 18.7. The van der Waals surface area contributed by atoms with E-state index < -0.39 is 6.10 Å². The summed E-state index contributed by atoms with van der Waals surface area (Å²) >= 11 is 0. The molecule has 8 heteroatoms. The van der Waals surface area contributed by atoms with Crippen molar-refractivity contribution in [3.63, 3.8) is 0 Å². The van der Waals surface area contributed by atoms with E-state index in [1.165, 1.54) is 0 Å². The molecule has 3 rings (SSSR count). The fourth-order valence-corrected chi connectivity index (χ4v) is 2.95. The largest absolute Gasteiger partial charge is 0.391 e. The second-order valence-electron chi connectivity index (χ2n) is 8.03. The quantitative estimate of drug-likeness (QED) is 0.717. The smallest absolute Gasteiger partial charge is 0.251 e. The lowest BCUT2D eigenvalue weighted by Crippen LogP contribution is -2.34. The van der Waals surface area contributed by atoms with Crippen molar-refractivity contribution in [2.45, 2.75) is 33.3 Å². The predicted molar refractivity (Wildman–Crippen MR) is 105 cm³/mol. The first-order chi connectivity index (χ1) is 12.3. The number of nitrogens with zero attached hydrogens (tertiary/aromatic N) is 2. The highest BCUT2D eigenvalue weighted by atomic mass is 35.5. The fraction of sp³-hybridized carbons (Fsp3) is 0.526. The third kappa shape index (κ3) is 5.76. The van der Waals surface area contributed by atoms with E-state index in [9.17, 15) is 9.90 Å². The van der Waals surface area contributed by atoms with Crippen LogP contribution in [0.5, 0.6) is 0 Å². The Labute approximate surface area is 165 Å². The van der Waals surface area contributed by atoms with Crippen LogP contribution in [-0.2, 0) is 6.42 Å². The molecule has 0 aliphatic carbocycles. The Morgan fingerprint density at radius 3 is 2.81 bits per heavy atom. The number of halogens is 1. The first kappa shape index (κ1) is 21.3. The van der Waals surface area contributed by atoms with E-state index in [1.54, 1.807) is 18.2 Å². The summed E-state index contributed by atoms with van der Waals surface area (Å²) in [4.78, 5) is 16.8. The van der Waals surface area contributed by atoms with Gasteiger partial charge < -0.3 is 20.3 Å². The lowest BCUT2D eigenvalue weighted by Gasteiger charge is -2.14. The highest BCUT2D eigenvalue weighted by molar-refractivity contribution is 5.95. The van der Waals surface area contributed by atoms with Crippen molar-refractivity contribution >= 4 is 18.3 Å². The van der Waals surface area contributed by atoms with Crippen LogP contribution in [0.3, 0.4) is 0 Å². The third-order valence-corrected chi connectivity index (χ3v) is 4.36. The molecule has 2 heterocycles. The van der Waals surface area contributed by atoms with Gasteiger partial charge in [-0.3, -0.25) is 4.79 Å². The maximum Gasteiger partial charge on any atom is 0.251 e. The molecule has 2 atom stereocenters. The molecule has 2 aromatic rings. The number of hydrogen-bond donors (Lipinski definition) is 3. The average molecular weight is 395 g/mol. The van der Waals surface area contributed by atoms with Crippen LogP contribution in [0.15, 0.2) is 28.8 Å². The lowest BCUT2D eigenvalue weighted by molar-refractivity contribution is 0.0927. The second kappa shape index (κ2) is 8.82. The highest BCUT2D eigenvalue weighted by Gasteiger charge is 2.25. The van der Waals surface area contributed by atoms with Gasteiger partial charge in [0.1, 0.15) is 0 Å². The van der Waals surface area contributed by atoms with E-state index >= 15 is 0 Å². The molecule has 148 valence electrons. The number of nitrogens with one attached hydrogen (secondary N) is 2. The van der Waals surface area contributed by atoms with Crippen LogP contribution in [0.25, 0.3) is 11.4 Å². The number of aromatic nitrogens is 2. The molecule has 0 bridgehead atoms. The summed E-state index contributed by atoms with van der Waals surface area (Å²) in [5, 5.41) is 19.8. The van der Waals surface area contributed by atoms with Crippen LogP contribution in [0, 0.1) is 11.3 Å². The minimum Gasteiger partial charge on any atom is -0.391 e. The molecule has 1 aliphatic heterocycles. The van der Waals surface area contributed by atoms with Gasteiger partial charge in [0.25, 0.3) is 5.91 Å². The van der Waals surface area contributed by atoms with E-state index in [2.05, 4.69) is 41.5 Å². The molecule has 1 aromatic heterocycles. The Kier molecular flexibility index (Phi) is 6.97. The first-order valence-electron chi connectivity index (χ1n) is 8.92. The van der Waals surface area contributed by atoms with Crippen molar-refractivity contribution in [2.75, 3.05) is 19.6 Å². The number of hydrogen-bond acceptors (Lipinski definition) is 6. The molecule has 1 fully saturated rings. The SMILES string of the molecule is CC(C)(C)Cc1nc(-c2cccc(C(=O)NCC3CNCC3O)c2)no1.Cl. The summed E-state index contributed by atoms with van der Waals surface area (Å²) in [7, 11) is 0. The maximum absolute atomic E-state index is 12.4. The van der Waals surface area contributed by atoms with Crippen LogP contribution < -0.4 is 10.6 Å². The van der Waals surface area contributed by atoms with Crippen molar-refractivity contribution in [2.24, 2.45) is 11.3 Å². The molecule has 1 amide bonds. The number of benzene rings is 1. The number of carbonyl (C=O) groups excluding carboxylic acids is 1. The molecule has 2 unspecified atom stereocenters. The topological polar surface area (TPSA) is 100 Å². The fourth-order valence-electron chi connectivity index (χ4n) is 2.95. The molecular weight excluding hydrogens is 368 g/mol. The molecule has 1 aliphatic rings. The van der Waals surface area contributed by atoms with Gasteiger partial charge in [-0.15, -0.1) is 12.4 Å². The Hall–Kier alpha value is -1.96. The normalized spacial score (nSPS) is 19.6. The van der Waals surface area contributed by atoms with Crippen LogP contribution >= 0.6 is 12.4 Å². The zero-order valence-corrected chi connectivity index (χ0v) is 16.7. The lowest BCUT2D eigenvalue weighted by atomic mass is 9.92. The van der Waals surface area contributed by atoms with Crippen molar-refractivity contribution in [3.8, 4) is 11.4 Å². The molecule has 3 N–H and O–H groups in total. The Balaban J connectivity index is 0.00000261. The zero-order valence-electron chi connectivity index (χ0n) is 15.9. The molecule has 1 saturated heterocycles. The summed E-state index contributed by atoms with van der Waals surface area (Å²) in [6.07, 6.45) is 0.278. The van der Waals surface area contributed by atoms with Crippen LogP contribution in [0.2, 0.25) is 0 Å². The molecule has 0 spiro atoms. The van der Waals surface area contributed by atoms with Crippen LogP contribution in [-0.4, -0.2) is 46.9 Å². The van der Waals surface area contributed by atoms with Crippen molar-refractivity contribution in [3.05, 3.63) is 35.7 Å². The summed E-state index contributed by atoms with van der Waals surface area (Å²) < 4.78 is 5.33. The Morgan fingerprint density at radius 2 is 2.15 bits per heavy atom. The van der Waals surface area contributed by atoms with E-state index in [1.807, 2.05) is 6.07 Å². The number of rotatable bonds is 5. The van der Waals surface area contributed by atoms with Gasteiger partial charge in [0.05, 0.1) is 6.10 Å². The first-order valence-corrected chi connectivity index (χ1v) is 8.92. The van der Waals surface area contributed by atoms with E-state index in [0.717, 1.165) is 5.56 Å². The van der Waals surface area contributed by atoms with E-state index in [-0.39, 0.29) is 29.6 Å². The van der Waals surface area contributed by atoms with Crippen molar-refractivity contribution in [1.82, 2.24) is 20.8 Å². The number of carbonyl (C=O) groups is 1. The molecule has 0 saturated carbocycles. The van der Waals surface area contributed by atoms with Gasteiger partial charge in [-0.1, -0.05) is 38.1 Å². The second-order valence-corrected chi connectivity index (χ2v) is 8.03. The number of aliphatic hydroxyl groups is 1. The van der Waals surface area contributed by atoms with Gasteiger partial charge in [0, 0.05) is 43.1 Å². The minimum absolute atomic E-state index is 0. The van der Waals surface area contributed by atoms with Gasteiger partial charge in [-0.2, -0.15) is 4.98 Å². The van der Waals surface area contributed by atoms with Crippen LogP contribution in [0.4, 0.5) is 0 Å². The molecule has 0 radical (unpaired) electrons. The third-order valence-electron chi connectivity index (χ3n) is 4.36. The summed E-state index contributed by atoms with van der Waals surface area (Å²) in [5.41, 5.74) is 1.33. The van der Waals surface area contributed by atoms with Gasteiger partial charge in [0.15, 0.2) is 0 Å². The molecule has 27 heavy (non-hydrogen) atoms. The van der Waals surface area contributed by atoms with Crippen LogP contribution in [0.1, 0.15) is 37.0 Å². The number of aliphatic hydroxyl groups excluding tert-OH is 1. The summed E-state index contributed by atoms with van der Waals surface area (Å²) in [5.74, 6) is 0.933. The molecule has 1 aromatic carbocycles. The predicted octanol–water partition coefficient (Wildman–Crippen LogP) is 2.06. The number of amides is 1. The molecular formula is C19H27ClN4O3. The van der Waals surface area contributed by atoms with E-state index in [0.29, 0.717) is 43.3 Å². The monoisotopic (exact) mass is 394 g/mol. The Bertz CT molecular complexity index is 772. The summed E-state index contributed by atoms with van der Waals surface area (Å²) in [6, 6.07) is 7.16. The Morgan fingerprint density at radius 1 is 1.37 bits per heavy atom. The standard InChI is InChI=1S/C19H26N4O3.ClH/c1-19(2,3)8-16-22-17(23-26-16)12-5-4-6-13(7-12)18(25)21-10-14-9-20-11-15(14)24;/h4-7,14-15,20,24H,8-11H2,1-3H3,(H,21,25);1H. The number of β-amino-alcohol motifs (C(OH)–C–C–N with tert-alkyl or cyclic N) is 1. The van der Waals surface area contributed by atoms with Crippen molar-refractivity contribution < 1.29 is 14.4 Å². The highest BCUT2D eigenvalue weighted by Crippen LogP contribution is 2.22. The summed E-state index contributed by atoms with van der Waals surface area (Å²) in [6.45, 7) is 8.05. The minimum atomic E-state index is -0.415. The van der Waals surface area contributed by atoms with Gasteiger partial charge in [0.2, 0.25) is 11.7 Å². The van der Waals surface area contributed by atoms with Gasteiger partial charge in [-0.05, 0) is 17.5 Å². The average Bonchev–Trinajstić information content (AvgIpc) is 3.20. The van der Waals surface area contributed by atoms with Crippen molar-refractivity contribution in [1.29, 1.82) is 0 Å². The van der Waals surface area contributed by atoms with Gasteiger partial charge >= 0.3 is 0 Å².